The molecule has 0 fully saturated rings. The minimum atomic E-state index is -0.0896. The Morgan fingerprint density at radius 3 is 2.72 bits per heavy atom. The van der Waals surface area contributed by atoms with Crippen LogP contribution in [-0.2, 0) is 13.1 Å². The fourth-order valence-electron chi connectivity index (χ4n) is 3.76. The molecule has 0 saturated carbocycles. The number of aryl methyl sites for hydroxylation is 2. The fourth-order valence-corrected chi connectivity index (χ4v) is 4.09. The summed E-state index contributed by atoms with van der Waals surface area (Å²) in [7, 11) is 0. The largest absolute Gasteiger partial charge is 0.454 e. The van der Waals surface area contributed by atoms with Crippen molar-refractivity contribution >= 4 is 28.2 Å². The Balaban J connectivity index is 1.65. The van der Waals surface area contributed by atoms with Crippen LogP contribution in [0.4, 0.5) is 0 Å². The SMILES string of the molecule is CC[C@H](C)NC(=S)N(Cc1ccc2c(c1)OCO2)Cc1cc2ccc(C)c(C)c2[nH]c1=O. The molecule has 1 aromatic heterocycles. The molecule has 0 saturated heterocycles. The van der Waals surface area contributed by atoms with Crippen molar-refractivity contribution in [1.82, 2.24) is 15.2 Å². The maximum Gasteiger partial charge on any atom is 0.253 e. The van der Waals surface area contributed by atoms with Gasteiger partial charge in [-0.15, -0.1) is 0 Å². The van der Waals surface area contributed by atoms with E-state index in [4.69, 9.17) is 21.7 Å². The second-order valence-electron chi connectivity index (χ2n) is 8.40. The smallest absolute Gasteiger partial charge is 0.253 e. The van der Waals surface area contributed by atoms with Crippen molar-refractivity contribution in [2.45, 2.75) is 53.2 Å². The molecule has 1 atom stereocenters. The summed E-state index contributed by atoms with van der Waals surface area (Å²) < 4.78 is 10.9. The van der Waals surface area contributed by atoms with Crippen molar-refractivity contribution in [2.24, 2.45) is 0 Å². The summed E-state index contributed by atoms with van der Waals surface area (Å²) in [6.45, 7) is 9.47. The Bertz CT molecular complexity index is 1220. The van der Waals surface area contributed by atoms with Gasteiger partial charge in [0.25, 0.3) is 5.56 Å². The average molecular weight is 452 g/mol. The number of aromatic amines is 1. The van der Waals surface area contributed by atoms with Crippen molar-refractivity contribution in [2.75, 3.05) is 6.79 Å². The van der Waals surface area contributed by atoms with Gasteiger partial charge in [-0.1, -0.05) is 25.1 Å². The Kier molecular flexibility index (Phi) is 6.37. The predicted octanol–water partition coefficient (Wildman–Crippen LogP) is 4.55. The zero-order valence-electron chi connectivity index (χ0n) is 19.0. The van der Waals surface area contributed by atoms with Crippen molar-refractivity contribution < 1.29 is 9.47 Å². The molecule has 2 aromatic carbocycles. The number of thiocarbonyl (C=S) groups is 1. The highest BCUT2D eigenvalue weighted by atomic mass is 32.1. The number of hydrogen-bond donors (Lipinski definition) is 2. The maximum absolute atomic E-state index is 13.0. The van der Waals surface area contributed by atoms with Crippen LogP contribution >= 0.6 is 12.2 Å². The molecule has 0 amide bonds. The highest BCUT2D eigenvalue weighted by Crippen LogP contribution is 2.33. The summed E-state index contributed by atoms with van der Waals surface area (Å²) in [6.07, 6.45) is 0.952. The average Bonchev–Trinajstić information content (AvgIpc) is 3.24. The molecular formula is C25H29N3O3S. The lowest BCUT2D eigenvalue weighted by Gasteiger charge is -2.28. The minimum absolute atomic E-state index is 0.0896. The van der Waals surface area contributed by atoms with Gasteiger partial charge in [-0.3, -0.25) is 4.79 Å². The predicted molar refractivity (Wildman–Crippen MR) is 131 cm³/mol. The number of ether oxygens (including phenoxy) is 2. The molecule has 2 N–H and O–H groups in total. The minimum Gasteiger partial charge on any atom is -0.454 e. The molecule has 1 aliphatic rings. The number of fused-ring (bicyclic) bond motifs is 2. The standard InChI is InChI=1S/C25H29N3O3S/c1-5-16(3)26-25(32)28(12-18-7-9-21-22(10-18)31-14-30-21)13-20-11-19-8-6-15(2)17(4)23(19)27-24(20)29/h6-11,16H,5,12-14H2,1-4H3,(H,26,32)(H,27,29)/t16-/m0/s1. The molecule has 2 heterocycles. The molecule has 0 aliphatic carbocycles. The number of pyridine rings is 1. The lowest BCUT2D eigenvalue weighted by Crippen LogP contribution is -2.43. The van der Waals surface area contributed by atoms with Gasteiger partial charge in [0.15, 0.2) is 16.6 Å². The van der Waals surface area contributed by atoms with E-state index in [1.807, 2.05) is 43.0 Å². The van der Waals surface area contributed by atoms with Crippen LogP contribution in [0.1, 0.15) is 42.5 Å². The van der Waals surface area contributed by atoms with Crippen LogP contribution in [0, 0.1) is 13.8 Å². The van der Waals surface area contributed by atoms with Gasteiger partial charge in [0.2, 0.25) is 6.79 Å². The van der Waals surface area contributed by atoms with E-state index >= 15 is 0 Å². The first kappa shape index (κ1) is 22.1. The third kappa shape index (κ3) is 4.58. The number of nitrogens with one attached hydrogen (secondary N) is 2. The van der Waals surface area contributed by atoms with Gasteiger partial charge < -0.3 is 24.7 Å². The summed E-state index contributed by atoms with van der Waals surface area (Å²) in [4.78, 5) is 18.1. The normalized spacial score (nSPS) is 13.2. The number of rotatable bonds is 6. The maximum atomic E-state index is 13.0. The van der Waals surface area contributed by atoms with Crippen LogP contribution in [0.2, 0.25) is 0 Å². The molecule has 1 aliphatic heterocycles. The monoisotopic (exact) mass is 451 g/mol. The molecule has 0 radical (unpaired) electrons. The highest BCUT2D eigenvalue weighted by Gasteiger charge is 2.18. The topological polar surface area (TPSA) is 66.6 Å². The summed E-state index contributed by atoms with van der Waals surface area (Å²) in [5, 5.41) is 5.03. The van der Waals surface area contributed by atoms with Gasteiger partial charge in [-0.05, 0) is 79.7 Å². The molecule has 32 heavy (non-hydrogen) atoms. The van der Waals surface area contributed by atoms with Crippen LogP contribution in [0.3, 0.4) is 0 Å². The number of benzene rings is 2. The first-order valence-electron chi connectivity index (χ1n) is 10.9. The quantitative estimate of drug-likeness (QED) is 0.536. The van der Waals surface area contributed by atoms with E-state index in [0.29, 0.717) is 23.8 Å². The number of nitrogens with zero attached hydrogens (tertiary/aromatic N) is 1. The van der Waals surface area contributed by atoms with E-state index < -0.39 is 0 Å². The third-order valence-corrected chi connectivity index (χ3v) is 6.45. The lowest BCUT2D eigenvalue weighted by atomic mass is 10.0. The van der Waals surface area contributed by atoms with E-state index in [1.165, 1.54) is 0 Å². The Hall–Kier alpha value is -3.06. The Morgan fingerprint density at radius 1 is 1.16 bits per heavy atom. The molecule has 0 unspecified atom stereocenters. The van der Waals surface area contributed by atoms with Crippen molar-refractivity contribution in [1.29, 1.82) is 0 Å². The summed E-state index contributed by atoms with van der Waals surface area (Å²) >= 11 is 5.74. The van der Waals surface area contributed by atoms with Crippen LogP contribution in [-0.4, -0.2) is 27.8 Å². The van der Waals surface area contributed by atoms with E-state index in [-0.39, 0.29) is 18.4 Å². The second-order valence-corrected chi connectivity index (χ2v) is 8.78. The Labute approximate surface area is 193 Å². The molecule has 7 heteroatoms. The van der Waals surface area contributed by atoms with Gasteiger partial charge in [0, 0.05) is 18.2 Å². The number of aromatic nitrogens is 1. The second kappa shape index (κ2) is 9.20. The van der Waals surface area contributed by atoms with Gasteiger partial charge >= 0.3 is 0 Å². The van der Waals surface area contributed by atoms with Crippen LogP contribution < -0.4 is 20.3 Å². The van der Waals surface area contributed by atoms with E-state index in [9.17, 15) is 4.79 Å². The van der Waals surface area contributed by atoms with Gasteiger partial charge in [-0.25, -0.2) is 0 Å². The van der Waals surface area contributed by atoms with Crippen LogP contribution in [0.25, 0.3) is 10.9 Å². The first-order chi connectivity index (χ1) is 15.4. The molecule has 4 rings (SSSR count). The van der Waals surface area contributed by atoms with Gasteiger partial charge in [0.1, 0.15) is 0 Å². The third-order valence-electron chi connectivity index (χ3n) is 6.07. The van der Waals surface area contributed by atoms with Crippen LogP contribution in [0.5, 0.6) is 11.5 Å². The molecule has 0 bridgehead atoms. The summed E-state index contributed by atoms with van der Waals surface area (Å²) in [5.74, 6) is 1.48. The molecule has 6 nitrogen and oxygen atoms in total. The molecular weight excluding hydrogens is 422 g/mol. The number of H-pyrrole nitrogens is 1. The molecule has 168 valence electrons. The molecule has 3 aromatic rings. The summed E-state index contributed by atoms with van der Waals surface area (Å²) in [5.41, 5.74) is 4.76. The highest BCUT2D eigenvalue weighted by molar-refractivity contribution is 7.80. The van der Waals surface area contributed by atoms with Crippen LogP contribution in [0.15, 0.2) is 41.2 Å². The van der Waals surface area contributed by atoms with Gasteiger partial charge in [-0.2, -0.15) is 0 Å². The lowest BCUT2D eigenvalue weighted by molar-refractivity contribution is 0.174. The summed E-state index contributed by atoms with van der Waals surface area (Å²) in [6, 6.07) is 12.2. The van der Waals surface area contributed by atoms with E-state index in [1.54, 1.807) is 0 Å². The van der Waals surface area contributed by atoms with Crippen molar-refractivity contribution in [3.8, 4) is 11.5 Å². The molecule has 0 spiro atoms. The van der Waals surface area contributed by atoms with E-state index in [0.717, 1.165) is 45.5 Å². The first-order valence-corrected chi connectivity index (χ1v) is 11.3. The van der Waals surface area contributed by atoms with Gasteiger partial charge in [0.05, 0.1) is 12.1 Å². The fraction of sp³-hybridized carbons (Fsp3) is 0.360. The zero-order chi connectivity index (χ0) is 22.8. The number of hydrogen-bond acceptors (Lipinski definition) is 4. The van der Waals surface area contributed by atoms with Crippen molar-refractivity contribution in [3.63, 3.8) is 0 Å². The zero-order valence-corrected chi connectivity index (χ0v) is 19.8. The van der Waals surface area contributed by atoms with E-state index in [2.05, 4.69) is 36.3 Å². The van der Waals surface area contributed by atoms with Crippen molar-refractivity contribution in [3.05, 3.63) is 69.0 Å². The Morgan fingerprint density at radius 2 is 1.94 bits per heavy atom.